The molecule has 0 amide bonds. The number of nitrogens with zero attached hydrogens (tertiary/aromatic N) is 1. The van der Waals surface area contributed by atoms with E-state index in [1.54, 1.807) is 18.2 Å². The van der Waals surface area contributed by atoms with Gasteiger partial charge in [0.25, 0.3) is 5.69 Å². The number of carbonyl (C=O) groups excluding carboxylic acids is 1. The average molecular weight is 315 g/mol. The molecule has 23 heavy (non-hydrogen) atoms. The normalized spacial score (nSPS) is 28.3. The minimum absolute atomic E-state index is 0.00236. The van der Waals surface area contributed by atoms with Gasteiger partial charge in [0.15, 0.2) is 0 Å². The van der Waals surface area contributed by atoms with Crippen molar-refractivity contribution in [2.24, 2.45) is 5.41 Å². The van der Waals surface area contributed by atoms with Crippen LogP contribution in [0.25, 0.3) is 5.57 Å². The van der Waals surface area contributed by atoms with Crippen molar-refractivity contribution in [3.05, 3.63) is 46.0 Å². The summed E-state index contributed by atoms with van der Waals surface area (Å²) < 4.78 is 11.4. The first kappa shape index (κ1) is 14.4. The molecule has 2 fully saturated rings. The number of nitro benzene ring substituents is 1. The Kier molecular flexibility index (Phi) is 3.06. The van der Waals surface area contributed by atoms with E-state index in [9.17, 15) is 14.9 Å². The highest BCUT2D eigenvalue weighted by Gasteiger charge is 2.54. The Hall–Kier alpha value is -2.21. The number of rotatable bonds is 2. The molecule has 3 aliphatic rings. The van der Waals surface area contributed by atoms with Crippen LogP contribution in [0.2, 0.25) is 0 Å². The van der Waals surface area contributed by atoms with Crippen molar-refractivity contribution < 1.29 is 19.2 Å². The Morgan fingerprint density at radius 2 is 1.83 bits per heavy atom. The maximum Gasteiger partial charge on any atom is 0.341 e. The molecule has 2 heterocycles. The summed E-state index contributed by atoms with van der Waals surface area (Å²) >= 11 is 0. The van der Waals surface area contributed by atoms with Crippen molar-refractivity contribution in [2.75, 3.05) is 6.61 Å². The molecule has 6 nitrogen and oxygen atoms in total. The maximum absolute atomic E-state index is 12.3. The fourth-order valence-electron chi connectivity index (χ4n) is 3.99. The summed E-state index contributed by atoms with van der Waals surface area (Å²) in [5.41, 5.74) is 1.18. The molecule has 1 aromatic carbocycles. The van der Waals surface area contributed by atoms with Gasteiger partial charge in [0.2, 0.25) is 5.79 Å². The lowest BCUT2D eigenvalue weighted by Gasteiger charge is -2.22. The lowest BCUT2D eigenvalue weighted by molar-refractivity contribution is -0.384. The van der Waals surface area contributed by atoms with Crippen LogP contribution in [0.5, 0.6) is 0 Å². The minimum atomic E-state index is -0.946. The summed E-state index contributed by atoms with van der Waals surface area (Å²) in [5.74, 6) is -1.37. The van der Waals surface area contributed by atoms with E-state index in [4.69, 9.17) is 9.47 Å². The fraction of sp³-hybridized carbons (Fsp3) is 0.471. The molecule has 0 N–H and O–H groups in total. The van der Waals surface area contributed by atoms with Crippen LogP contribution < -0.4 is 0 Å². The number of non-ortho nitro benzene ring substituents is 1. The monoisotopic (exact) mass is 315 g/mol. The van der Waals surface area contributed by atoms with Crippen LogP contribution >= 0.6 is 0 Å². The second-order valence-electron chi connectivity index (χ2n) is 6.74. The predicted octanol–water partition coefficient (Wildman–Crippen LogP) is 3.21. The van der Waals surface area contributed by atoms with Gasteiger partial charge in [0.1, 0.15) is 0 Å². The summed E-state index contributed by atoms with van der Waals surface area (Å²) in [6.07, 6.45) is 7.10. The average Bonchev–Trinajstić information content (AvgIpc) is 3.21. The summed E-state index contributed by atoms with van der Waals surface area (Å²) in [5, 5.41) is 10.7. The van der Waals surface area contributed by atoms with E-state index in [-0.39, 0.29) is 11.1 Å². The third kappa shape index (κ3) is 2.34. The van der Waals surface area contributed by atoms with Gasteiger partial charge in [-0.05, 0) is 30.5 Å². The highest BCUT2D eigenvalue weighted by Crippen LogP contribution is 2.53. The van der Waals surface area contributed by atoms with Crippen LogP contribution in [0.3, 0.4) is 0 Å². The third-order valence-corrected chi connectivity index (χ3v) is 5.15. The molecule has 2 aliphatic heterocycles. The zero-order valence-electron chi connectivity index (χ0n) is 12.6. The lowest BCUT2D eigenvalue weighted by atomic mass is 9.83. The van der Waals surface area contributed by atoms with Gasteiger partial charge in [-0.3, -0.25) is 10.1 Å². The summed E-state index contributed by atoms with van der Waals surface area (Å²) in [6.45, 7) is 0.629. The molecular weight excluding hydrogens is 298 g/mol. The molecule has 0 bridgehead atoms. The topological polar surface area (TPSA) is 78.7 Å². The summed E-state index contributed by atoms with van der Waals surface area (Å²) in [7, 11) is 0. The zero-order chi connectivity index (χ0) is 16.1. The standard InChI is InChI=1S/C17H17NO5/c19-15-14(12-3-5-13(6-4-12)18(20)21)9-17(23-15)10-16(11-22-17)7-1-2-8-16/h3-6,9H,1-2,7-8,10-11H2. The Morgan fingerprint density at radius 1 is 1.13 bits per heavy atom. The quantitative estimate of drug-likeness (QED) is 0.475. The van der Waals surface area contributed by atoms with E-state index in [1.807, 2.05) is 0 Å². The molecule has 0 aromatic heterocycles. The van der Waals surface area contributed by atoms with Crippen LogP contribution in [-0.2, 0) is 14.3 Å². The van der Waals surface area contributed by atoms with Crippen LogP contribution in [0.4, 0.5) is 5.69 Å². The van der Waals surface area contributed by atoms with E-state index in [0.29, 0.717) is 24.2 Å². The van der Waals surface area contributed by atoms with Crippen LogP contribution in [0.1, 0.15) is 37.7 Å². The fourth-order valence-corrected chi connectivity index (χ4v) is 3.99. The van der Waals surface area contributed by atoms with E-state index < -0.39 is 16.7 Å². The molecule has 0 radical (unpaired) electrons. The summed E-state index contributed by atoms with van der Waals surface area (Å²) in [4.78, 5) is 22.5. The van der Waals surface area contributed by atoms with Crippen LogP contribution in [0, 0.1) is 15.5 Å². The SMILES string of the molecule is O=C1OC2(C=C1c1ccc([N+](=O)[O-])cc1)CC1(CCCC1)CO2. The van der Waals surface area contributed by atoms with Crippen molar-refractivity contribution in [1.29, 1.82) is 0 Å². The molecule has 4 rings (SSSR count). The van der Waals surface area contributed by atoms with Crippen molar-refractivity contribution >= 4 is 17.2 Å². The van der Waals surface area contributed by atoms with Gasteiger partial charge in [0.05, 0.1) is 17.1 Å². The van der Waals surface area contributed by atoms with Gasteiger partial charge in [-0.15, -0.1) is 0 Å². The van der Waals surface area contributed by atoms with Gasteiger partial charge in [-0.1, -0.05) is 12.8 Å². The Bertz CT molecular complexity index is 702. The molecule has 120 valence electrons. The highest BCUT2D eigenvalue weighted by molar-refractivity contribution is 6.18. The predicted molar refractivity (Wildman–Crippen MR) is 81.4 cm³/mol. The first-order chi connectivity index (χ1) is 11.0. The van der Waals surface area contributed by atoms with E-state index >= 15 is 0 Å². The van der Waals surface area contributed by atoms with Crippen molar-refractivity contribution in [1.82, 2.24) is 0 Å². The number of esters is 1. The third-order valence-electron chi connectivity index (χ3n) is 5.15. The molecule has 1 saturated carbocycles. The second kappa shape index (κ2) is 4.89. The molecule has 1 aromatic rings. The molecular formula is C17H17NO5. The van der Waals surface area contributed by atoms with Crippen LogP contribution in [-0.4, -0.2) is 23.3 Å². The van der Waals surface area contributed by atoms with Gasteiger partial charge in [-0.2, -0.15) is 0 Å². The maximum atomic E-state index is 12.3. The number of nitro groups is 1. The highest BCUT2D eigenvalue weighted by atomic mass is 16.7. The first-order valence-electron chi connectivity index (χ1n) is 7.86. The van der Waals surface area contributed by atoms with Gasteiger partial charge in [0, 0.05) is 30.0 Å². The number of benzene rings is 1. The lowest BCUT2D eigenvalue weighted by Crippen LogP contribution is -2.28. The van der Waals surface area contributed by atoms with Crippen LogP contribution in [0.15, 0.2) is 30.3 Å². The number of ether oxygens (including phenoxy) is 2. The number of hydrogen-bond donors (Lipinski definition) is 0. The number of hydrogen-bond acceptors (Lipinski definition) is 5. The zero-order valence-corrected chi connectivity index (χ0v) is 12.6. The van der Waals surface area contributed by atoms with Gasteiger partial charge < -0.3 is 9.47 Å². The molecule has 1 unspecified atom stereocenters. The van der Waals surface area contributed by atoms with Crippen molar-refractivity contribution in [3.63, 3.8) is 0 Å². The molecule has 2 spiro atoms. The van der Waals surface area contributed by atoms with E-state index in [0.717, 1.165) is 12.8 Å². The Labute approximate surface area is 133 Å². The van der Waals surface area contributed by atoms with Crippen molar-refractivity contribution in [2.45, 2.75) is 37.9 Å². The largest absolute Gasteiger partial charge is 0.426 e. The Morgan fingerprint density at radius 3 is 2.48 bits per heavy atom. The van der Waals surface area contributed by atoms with Gasteiger partial charge >= 0.3 is 5.97 Å². The molecule has 1 atom stereocenters. The number of carbonyl (C=O) groups is 1. The molecule has 1 saturated heterocycles. The second-order valence-corrected chi connectivity index (χ2v) is 6.74. The van der Waals surface area contributed by atoms with E-state index in [1.165, 1.54) is 25.0 Å². The van der Waals surface area contributed by atoms with Crippen molar-refractivity contribution in [3.8, 4) is 0 Å². The van der Waals surface area contributed by atoms with Gasteiger partial charge in [-0.25, -0.2) is 4.79 Å². The summed E-state index contributed by atoms with van der Waals surface area (Å²) in [6, 6.07) is 5.93. The Balaban J connectivity index is 1.62. The minimum Gasteiger partial charge on any atom is -0.426 e. The van der Waals surface area contributed by atoms with E-state index in [2.05, 4.69) is 0 Å². The smallest absolute Gasteiger partial charge is 0.341 e. The first-order valence-corrected chi connectivity index (χ1v) is 7.86. The molecule has 6 heteroatoms. The molecule has 1 aliphatic carbocycles.